The lowest BCUT2D eigenvalue weighted by atomic mass is 10.1. The molecule has 0 bridgehead atoms. The highest BCUT2D eigenvalue weighted by Crippen LogP contribution is 2.15. The Labute approximate surface area is 176 Å². The van der Waals surface area contributed by atoms with E-state index in [9.17, 15) is 13.2 Å². The van der Waals surface area contributed by atoms with E-state index >= 15 is 0 Å². The van der Waals surface area contributed by atoms with E-state index in [4.69, 9.17) is 9.15 Å². The van der Waals surface area contributed by atoms with Gasteiger partial charge in [0.2, 0.25) is 15.9 Å². The van der Waals surface area contributed by atoms with Crippen LogP contribution in [0, 0.1) is 0 Å². The summed E-state index contributed by atoms with van der Waals surface area (Å²) in [6.45, 7) is 2.67. The zero-order valence-electron chi connectivity index (χ0n) is 16.6. The number of nitrogens with one attached hydrogen (secondary N) is 2. The molecule has 0 saturated carbocycles. The fourth-order valence-corrected chi connectivity index (χ4v) is 3.74. The van der Waals surface area contributed by atoms with Gasteiger partial charge in [-0.15, -0.1) is 0 Å². The summed E-state index contributed by atoms with van der Waals surface area (Å²) in [6.07, 6.45) is 1.95. The number of sulfonamides is 1. The van der Waals surface area contributed by atoms with Gasteiger partial charge in [0.15, 0.2) is 0 Å². The average Bonchev–Trinajstić information content (AvgIpc) is 3.26. The van der Waals surface area contributed by atoms with Gasteiger partial charge in [-0.2, -0.15) is 0 Å². The first-order valence-corrected chi connectivity index (χ1v) is 11.0. The molecule has 0 aliphatic heterocycles. The maximum Gasteiger partial charge on any atom is 0.240 e. The Balaban J connectivity index is 1.55. The van der Waals surface area contributed by atoms with Crippen molar-refractivity contribution in [1.82, 2.24) is 4.72 Å². The van der Waals surface area contributed by atoms with E-state index in [0.717, 1.165) is 16.9 Å². The standard InChI is InChI=1S/C22H24N2O5S/c1-2-22(25)24-19-8-10-21(11-9-19)30(26,27)23-14-17-5-3-6-18(13-17)15-28-16-20-7-4-12-29-20/h3-13,23H,2,14-16H2,1H3,(H,24,25). The fraction of sp³-hybridized carbons (Fsp3) is 0.227. The van der Waals surface area contributed by atoms with Gasteiger partial charge >= 0.3 is 0 Å². The van der Waals surface area contributed by atoms with Gasteiger partial charge in [0.05, 0.1) is 17.8 Å². The van der Waals surface area contributed by atoms with Crippen LogP contribution in [0.1, 0.15) is 30.2 Å². The molecule has 0 aliphatic rings. The number of hydrogen-bond acceptors (Lipinski definition) is 5. The smallest absolute Gasteiger partial charge is 0.240 e. The summed E-state index contributed by atoms with van der Waals surface area (Å²) >= 11 is 0. The molecule has 0 fully saturated rings. The van der Waals surface area contributed by atoms with E-state index in [2.05, 4.69) is 10.0 Å². The zero-order valence-corrected chi connectivity index (χ0v) is 17.4. The van der Waals surface area contributed by atoms with Crippen molar-refractivity contribution in [2.75, 3.05) is 5.32 Å². The third-order valence-electron chi connectivity index (χ3n) is 4.32. The number of rotatable bonds is 10. The minimum Gasteiger partial charge on any atom is -0.467 e. The third-order valence-corrected chi connectivity index (χ3v) is 5.74. The number of furan rings is 1. The lowest BCUT2D eigenvalue weighted by molar-refractivity contribution is -0.115. The molecule has 2 N–H and O–H groups in total. The summed E-state index contributed by atoms with van der Waals surface area (Å²) in [7, 11) is -3.68. The first-order valence-electron chi connectivity index (χ1n) is 9.54. The molecular weight excluding hydrogens is 404 g/mol. The van der Waals surface area contributed by atoms with Crippen LogP contribution >= 0.6 is 0 Å². The Morgan fingerprint density at radius 2 is 1.77 bits per heavy atom. The maximum atomic E-state index is 12.5. The van der Waals surface area contributed by atoms with Crippen LogP contribution in [0.5, 0.6) is 0 Å². The predicted octanol–water partition coefficient (Wildman–Crippen LogP) is 3.82. The van der Waals surface area contributed by atoms with Gasteiger partial charge in [0.25, 0.3) is 0 Å². The SMILES string of the molecule is CCC(=O)Nc1ccc(S(=O)(=O)NCc2cccc(COCc3ccco3)c2)cc1. The quantitative estimate of drug-likeness (QED) is 0.512. The Morgan fingerprint density at radius 1 is 1.00 bits per heavy atom. The molecule has 0 unspecified atom stereocenters. The zero-order chi connectivity index (χ0) is 21.4. The summed E-state index contributed by atoms with van der Waals surface area (Å²) in [5, 5.41) is 2.69. The molecule has 3 aromatic rings. The lowest BCUT2D eigenvalue weighted by Crippen LogP contribution is -2.23. The highest BCUT2D eigenvalue weighted by molar-refractivity contribution is 7.89. The summed E-state index contributed by atoms with van der Waals surface area (Å²) < 4.78 is 38.5. The lowest BCUT2D eigenvalue weighted by Gasteiger charge is -2.10. The molecule has 158 valence electrons. The van der Waals surface area contributed by atoms with Crippen molar-refractivity contribution in [1.29, 1.82) is 0 Å². The topological polar surface area (TPSA) is 97.6 Å². The number of hydrogen-bond donors (Lipinski definition) is 2. The van der Waals surface area contributed by atoms with E-state index in [1.165, 1.54) is 12.1 Å². The first kappa shape index (κ1) is 21.8. The Bertz CT molecular complexity index is 1060. The van der Waals surface area contributed by atoms with Crippen molar-refractivity contribution in [2.45, 2.75) is 38.0 Å². The number of benzene rings is 2. The summed E-state index contributed by atoms with van der Waals surface area (Å²) in [5.41, 5.74) is 2.32. The van der Waals surface area contributed by atoms with E-state index in [1.807, 2.05) is 30.3 Å². The van der Waals surface area contributed by atoms with Crippen molar-refractivity contribution < 1.29 is 22.4 Å². The largest absolute Gasteiger partial charge is 0.467 e. The molecule has 0 aliphatic carbocycles. The van der Waals surface area contributed by atoms with Crippen LogP contribution in [0.15, 0.2) is 76.2 Å². The Hall–Kier alpha value is -2.94. The molecule has 0 radical (unpaired) electrons. The second-order valence-corrected chi connectivity index (χ2v) is 8.41. The number of amides is 1. The highest BCUT2D eigenvalue weighted by Gasteiger charge is 2.14. The van der Waals surface area contributed by atoms with E-state index in [1.54, 1.807) is 31.4 Å². The van der Waals surface area contributed by atoms with Gasteiger partial charge in [0.1, 0.15) is 12.4 Å². The molecule has 2 aromatic carbocycles. The summed E-state index contributed by atoms with van der Waals surface area (Å²) in [6, 6.07) is 17.2. The number of carbonyl (C=O) groups excluding carboxylic acids is 1. The second kappa shape index (κ2) is 10.2. The molecule has 1 amide bonds. The molecular formula is C22H24N2O5S. The van der Waals surface area contributed by atoms with E-state index in [-0.39, 0.29) is 17.3 Å². The number of anilines is 1. The van der Waals surface area contributed by atoms with Crippen LogP contribution in [0.3, 0.4) is 0 Å². The van der Waals surface area contributed by atoms with Gasteiger partial charge in [-0.3, -0.25) is 4.79 Å². The maximum absolute atomic E-state index is 12.5. The van der Waals surface area contributed by atoms with Gasteiger partial charge < -0.3 is 14.5 Å². The fourth-order valence-electron chi connectivity index (χ4n) is 2.72. The van der Waals surface area contributed by atoms with Crippen LogP contribution in [0.4, 0.5) is 5.69 Å². The van der Waals surface area contributed by atoms with E-state index < -0.39 is 10.0 Å². The van der Waals surface area contributed by atoms with Gasteiger partial charge in [-0.25, -0.2) is 13.1 Å². The van der Waals surface area contributed by atoms with Crippen molar-refractivity contribution in [3.8, 4) is 0 Å². The number of carbonyl (C=O) groups is 1. The van der Waals surface area contributed by atoms with Crippen LogP contribution < -0.4 is 10.0 Å². The monoisotopic (exact) mass is 428 g/mol. The molecule has 30 heavy (non-hydrogen) atoms. The first-order chi connectivity index (χ1) is 14.5. The van der Waals surface area contributed by atoms with Crippen LogP contribution in [0.2, 0.25) is 0 Å². The molecule has 1 heterocycles. The van der Waals surface area contributed by atoms with Crippen molar-refractivity contribution in [2.24, 2.45) is 0 Å². The highest BCUT2D eigenvalue weighted by atomic mass is 32.2. The molecule has 0 spiro atoms. The van der Waals surface area contributed by atoms with Gasteiger partial charge in [0, 0.05) is 18.7 Å². The summed E-state index contributed by atoms with van der Waals surface area (Å²) in [5.74, 6) is 0.621. The van der Waals surface area contributed by atoms with E-state index in [0.29, 0.717) is 25.3 Å². The van der Waals surface area contributed by atoms with Crippen molar-refractivity contribution >= 4 is 21.6 Å². The van der Waals surface area contributed by atoms with Crippen LogP contribution in [0.25, 0.3) is 0 Å². The van der Waals surface area contributed by atoms with Crippen LogP contribution in [-0.4, -0.2) is 14.3 Å². The molecule has 0 atom stereocenters. The normalized spacial score (nSPS) is 11.4. The molecule has 7 nitrogen and oxygen atoms in total. The van der Waals surface area contributed by atoms with Crippen molar-refractivity contribution in [3.63, 3.8) is 0 Å². The molecule has 0 saturated heterocycles. The van der Waals surface area contributed by atoms with Crippen LogP contribution in [-0.2, 0) is 39.3 Å². The Kier molecular flexibility index (Phi) is 7.40. The average molecular weight is 429 g/mol. The summed E-state index contributed by atoms with van der Waals surface area (Å²) in [4.78, 5) is 11.6. The predicted molar refractivity (Wildman–Crippen MR) is 113 cm³/mol. The minimum absolute atomic E-state index is 0.128. The third kappa shape index (κ3) is 6.28. The Morgan fingerprint density at radius 3 is 2.47 bits per heavy atom. The molecule has 1 aromatic heterocycles. The van der Waals surface area contributed by atoms with Gasteiger partial charge in [-0.05, 0) is 47.5 Å². The second-order valence-electron chi connectivity index (χ2n) is 6.64. The molecule has 8 heteroatoms. The minimum atomic E-state index is -3.68. The van der Waals surface area contributed by atoms with Crippen molar-refractivity contribution in [3.05, 3.63) is 83.8 Å². The number of ether oxygens (including phenoxy) is 1. The van der Waals surface area contributed by atoms with Gasteiger partial charge in [-0.1, -0.05) is 31.2 Å². The molecule has 3 rings (SSSR count).